The number of aromatic nitrogens is 3. The average molecular weight is 311 g/mol. The van der Waals surface area contributed by atoms with E-state index in [9.17, 15) is 0 Å². The number of rotatable bonds is 5. The van der Waals surface area contributed by atoms with Crippen molar-refractivity contribution in [1.82, 2.24) is 15.3 Å². The molecule has 4 rings (SSSR count). The molecule has 0 amide bonds. The van der Waals surface area contributed by atoms with Crippen LogP contribution in [-0.4, -0.2) is 22.4 Å². The number of ether oxygens (including phenoxy) is 1. The molecule has 0 aliphatic heterocycles. The Bertz CT molecular complexity index is 790. The van der Waals surface area contributed by atoms with Gasteiger partial charge < -0.3 is 13.8 Å². The van der Waals surface area contributed by atoms with Crippen LogP contribution in [0.25, 0.3) is 11.6 Å². The maximum absolute atomic E-state index is 5.42. The molecule has 6 nitrogen and oxygen atoms in total. The Kier molecular flexibility index (Phi) is 3.46. The molecule has 118 valence electrons. The van der Waals surface area contributed by atoms with E-state index in [1.165, 1.54) is 12.0 Å². The molecule has 23 heavy (non-hydrogen) atoms. The van der Waals surface area contributed by atoms with E-state index in [-0.39, 0.29) is 5.41 Å². The number of hydrogen-bond donors (Lipinski definition) is 0. The van der Waals surface area contributed by atoms with E-state index in [1.807, 2.05) is 18.2 Å². The molecule has 1 saturated carbocycles. The van der Waals surface area contributed by atoms with Gasteiger partial charge in [-0.2, -0.15) is 4.98 Å². The van der Waals surface area contributed by atoms with E-state index in [0.29, 0.717) is 24.0 Å². The average Bonchev–Trinajstić information content (AvgIpc) is 3.17. The third-order valence-corrected chi connectivity index (χ3v) is 4.45. The van der Waals surface area contributed by atoms with Gasteiger partial charge in [0.1, 0.15) is 6.61 Å². The first kappa shape index (κ1) is 14.1. The van der Waals surface area contributed by atoms with E-state index in [0.717, 1.165) is 18.7 Å². The molecule has 0 radical (unpaired) electrons. The van der Waals surface area contributed by atoms with Crippen LogP contribution < -0.4 is 0 Å². The summed E-state index contributed by atoms with van der Waals surface area (Å²) in [6, 6.07) is 12.1. The van der Waals surface area contributed by atoms with Crippen molar-refractivity contribution in [3.05, 3.63) is 53.5 Å². The van der Waals surface area contributed by atoms with Gasteiger partial charge in [-0.1, -0.05) is 47.1 Å². The van der Waals surface area contributed by atoms with Crippen molar-refractivity contribution in [2.75, 3.05) is 7.11 Å². The molecular weight excluding hydrogens is 294 g/mol. The van der Waals surface area contributed by atoms with Crippen LogP contribution in [0.2, 0.25) is 0 Å². The Hall–Kier alpha value is -2.47. The van der Waals surface area contributed by atoms with Crippen LogP contribution in [0.3, 0.4) is 0 Å². The molecule has 2 heterocycles. The zero-order chi connectivity index (χ0) is 15.7. The van der Waals surface area contributed by atoms with E-state index >= 15 is 0 Å². The first-order valence-corrected chi connectivity index (χ1v) is 7.66. The van der Waals surface area contributed by atoms with Gasteiger partial charge in [0.2, 0.25) is 0 Å². The van der Waals surface area contributed by atoms with Crippen LogP contribution >= 0.6 is 0 Å². The van der Waals surface area contributed by atoms with Gasteiger partial charge >= 0.3 is 0 Å². The lowest BCUT2D eigenvalue weighted by atomic mass is 9.64. The summed E-state index contributed by atoms with van der Waals surface area (Å²) in [5.41, 5.74) is 1.64. The third-order valence-electron chi connectivity index (χ3n) is 4.45. The maximum atomic E-state index is 5.42. The highest BCUT2D eigenvalue weighted by atomic mass is 16.5. The number of benzene rings is 1. The fraction of sp³-hybridized carbons (Fsp3) is 0.353. The van der Waals surface area contributed by atoms with Gasteiger partial charge in [-0.25, -0.2) is 0 Å². The van der Waals surface area contributed by atoms with Crippen molar-refractivity contribution in [3.8, 4) is 11.6 Å². The molecule has 2 aromatic heterocycles. The minimum atomic E-state index is -0.137. The molecule has 0 unspecified atom stereocenters. The molecule has 3 aromatic rings. The molecule has 1 aliphatic carbocycles. The van der Waals surface area contributed by atoms with Crippen molar-refractivity contribution >= 4 is 0 Å². The Morgan fingerprint density at radius 2 is 1.96 bits per heavy atom. The Morgan fingerprint density at radius 3 is 2.65 bits per heavy atom. The van der Waals surface area contributed by atoms with Gasteiger partial charge in [0.25, 0.3) is 5.89 Å². The highest BCUT2D eigenvalue weighted by molar-refractivity contribution is 5.47. The van der Waals surface area contributed by atoms with Gasteiger partial charge in [-0.15, -0.1) is 0 Å². The second kappa shape index (κ2) is 5.62. The Labute approximate surface area is 133 Å². The van der Waals surface area contributed by atoms with Crippen molar-refractivity contribution in [1.29, 1.82) is 0 Å². The minimum absolute atomic E-state index is 0.137. The largest absolute Gasteiger partial charge is 0.377 e. The van der Waals surface area contributed by atoms with Crippen LogP contribution in [0.4, 0.5) is 0 Å². The van der Waals surface area contributed by atoms with E-state index in [1.54, 1.807) is 13.2 Å². The van der Waals surface area contributed by atoms with Crippen molar-refractivity contribution < 1.29 is 13.8 Å². The molecule has 1 aliphatic rings. The molecule has 1 fully saturated rings. The summed E-state index contributed by atoms with van der Waals surface area (Å²) >= 11 is 0. The molecule has 0 spiro atoms. The van der Waals surface area contributed by atoms with Crippen molar-refractivity contribution in [2.45, 2.75) is 31.3 Å². The van der Waals surface area contributed by atoms with Crippen LogP contribution in [0.1, 0.15) is 36.4 Å². The lowest BCUT2D eigenvalue weighted by molar-refractivity contribution is 0.156. The lowest BCUT2D eigenvalue weighted by Gasteiger charge is -2.39. The molecule has 0 saturated heterocycles. The topological polar surface area (TPSA) is 74.2 Å². The van der Waals surface area contributed by atoms with Crippen molar-refractivity contribution in [2.24, 2.45) is 0 Å². The van der Waals surface area contributed by atoms with Crippen LogP contribution in [-0.2, 0) is 16.8 Å². The number of hydrogen-bond acceptors (Lipinski definition) is 6. The second-order valence-electron chi connectivity index (χ2n) is 5.84. The van der Waals surface area contributed by atoms with Gasteiger partial charge in [-0.3, -0.25) is 0 Å². The fourth-order valence-electron chi connectivity index (χ4n) is 3.07. The van der Waals surface area contributed by atoms with Gasteiger partial charge in [0.15, 0.2) is 17.3 Å². The maximum Gasteiger partial charge on any atom is 0.280 e. The summed E-state index contributed by atoms with van der Waals surface area (Å²) in [4.78, 5) is 4.58. The van der Waals surface area contributed by atoms with Crippen LogP contribution in [0.15, 0.2) is 45.4 Å². The second-order valence-corrected chi connectivity index (χ2v) is 5.84. The SMILES string of the molecule is COCc1cc(-c2nc(C3(c4ccccc4)CCC3)no2)no1. The highest BCUT2D eigenvalue weighted by Crippen LogP contribution is 2.47. The van der Waals surface area contributed by atoms with Gasteiger partial charge in [0.05, 0.1) is 5.41 Å². The minimum Gasteiger partial charge on any atom is -0.377 e. The monoisotopic (exact) mass is 311 g/mol. The summed E-state index contributed by atoms with van der Waals surface area (Å²) in [6.45, 7) is 0.363. The highest BCUT2D eigenvalue weighted by Gasteiger charge is 2.44. The summed E-state index contributed by atoms with van der Waals surface area (Å²) in [5.74, 6) is 1.73. The van der Waals surface area contributed by atoms with Gasteiger partial charge in [-0.05, 0) is 18.4 Å². The summed E-state index contributed by atoms with van der Waals surface area (Å²) < 4.78 is 15.6. The Balaban J connectivity index is 1.66. The fourth-order valence-corrected chi connectivity index (χ4v) is 3.07. The molecule has 6 heteroatoms. The molecule has 0 atom stereocenters. The quantitative estimate of drug-likeness (QED) is 0.719. The van der Waals surface area contributed by atoms with Crippen LogP contribution in [0, 0.1) is 0 Å². The first-order valence-electron chi connectivity index (χ1n) is 7.66. The van der Waals surface area contributed by atoms with Gasteiger partial charge in [0, 0.05) is 13.2 Å². The molecule has 1 aromatic carbocycles. The Morgan fingerprint density at radius 1 is 1.13 bits per heavy atom. The summed E-state index contributed by atoms with van der Waals surface area (Å²) in [5, 5.41) is 8.19. The van der Waals surface area contributed by atoms with E-state index < -0.39 is 0 Å². The molecule has 0 bridgehead atoms. The smallest absolute Gasteiger partial charge is 0.280 e. The predicted octanol–water partition coefficient (Wildman–Crippen LogP) is 3.34. The van der Waals surface area contributed by atoms with Crippen LogP contribution in [0.5, 0.6) is 0 Å². The molecular formula is C17H17N3O3. The zero-order valence-corrected chi connectivity index (χ0v) is 12.9. The summed E-state index contributed by atoms with van der Waals surface area (Å²) in [7, 11) is 1.60. The number of nitrogens with zero attached hydrogens (tertiary/aromatic N) is 3. The van der Waals surface area contributed by atoms with Crippen molar-refractivity contribution in [3.63, 3.8) is 0 Å². The number of methoxy groups -OCH3 is 1. The van der Waals surface area contributed by atoms with E-state index in [2.05, 4.69) is 27.4 Å². The normalized spacial score (nSPS) is 16.2. The predicted molar refractivity (Wildman–Crippen MR) is 81.6 cm³/mol. The third kappa shape index (κ3) is 2.35. The summed E-state index contributed by atoms with van der Waals surface area (Å²) in [6.07, 6.45) is 3.23. The lowest BCUT2D eigenvalue weighted by Crippen LogP contribution is -2.36. The zero-order valence-electron chi connectivity index (χ0n) is 12.9. The van der Waals surface area contributed by atoms with E-state index in [4.69, 9.17) is 13.8 Å². The first-order chi connectivity index (χ1) is 11.3. The molecule has 0 N–H and O–H groups in total. The standard InChI is InChI=1S/C17H17N3O3/c1-21-11-13-10-14(19-22-13)15-18-16(20-23-15)17(8-5-9-17)12-6-3-2-4-7-12/h2-4,6-7,10H,5,8-9,11H2,1H3.